The summed E-state index contributed by atoms with van der Waals surface area (Å²) >= 11 is 0. The van der Waals surface area contributed by atoms with Gasteiger partial charge in [0.2, 0.25) is 0 Å². The molecule has 0 spiro atoms. The summed E-state index contributed by atoms with van der Waals surface area (Å²) in [6, 6.07) is 13.9. The van der Waals surface area contributed by atoms with Crippen molar-refractivity contribution < 1.29 is 4.74 Å². The van der Waals surface area contributed by atoms with Crippen LogP contribution in [-0.2, 0) is 0 Å². The van der Waals surface area contributed by atoms with E-state index in [0.29, 0.717) is 11.5 Å². The second-order valence-electron chi connectivity index (χ2n) is 8.39. The Morgan fingerprint density at radius 3 is 2.57 bits per heavy atom. The van der Waals surface area contributed by atoms with Crippen molar-refractivity contribution in [1.82, 2.24) is 35.1 Å². The molecular weight excluding hydrogens is 440 g/mol. The lowest BCUT2D eigenvalue weighted by Gasteiger charge is -2.12. The first-order valence-electron chi connectivity index (χ1n) is 11.1. The molecule has 0 bridgehead atoms. The Balaban J connectivity index is 1.47. The lowest BCUT2D eigenvalue weighted by atomic mass is 10.1. The maximum atomic E-state index is 5.39. The molecule has 0 aliphatic heterocycles. The van der Waals surface area contributed by atoms with Gasteiger partial charge in [-0.1, -0.05) is 12.1 Å². The number of rotatable bonds is 5. The summed E-state index contributed by atoms with van der Waals surface area (Å²) in [5.74, 6) is 1.39. The summed E-state index contributed by atoms with van der Waals surface area (Å²) in [5.41, 5.74) is 8.45. The summed E-state index contributed by atoms with van der Waals surface area (Å²) in [5, 5.41) is 7.60. The minimum absolute atomic E-state index is 0.619. The van der Waals surface area contributed by atoms with Crippen molar-refractivity contribution in [2.75, 3.05) is 26.1 Å². The van der Waals surface area contributed by atoms with Crippen LogP contribution in [0.25, 0.3) is 56.0 Å². The number of fused-ring (bicyclic) bond motifs is 2. The molecule has 172 valence electrons. The SMILES string of the molecule is COc1cccc(-c2cncc3[nH]c(-c4n[nH]c5ccc(-c6cncc(N(C)C)c6)nc45)nc23)c1. The molecule has 1 aromatic carbocycles. The molecule has 6 rings (SSSR count). The van der Waals surface area contributed by atoms with E-state index in [0.717, 1.165) is 55.9 Å². The van der Waals surface area contributed by atoms with E-state index in [-0.39, 0.29) is 0 Å². The molecule has 0 saturated heterocycles. The van der Waals surface area contributed by atoms with E-state index >= 15 is 0 Å². The van der Waals surface area contributed by atoms with Crippen LogP contribution in [0.5, 0.6) is 5.75 Å². The first-order valence-corrected chi connectivity index (χ1v) is 11.1. The number of hydrogen-bond acceptors (Lipinski definition) is 7. The molecule has 0 aliphatic rings. The molecule has 35 heavy (non-hydrogen) atoms. The highest BCUT2D eigenvalue weighted by Crippen LogP contribution is 2.32. The van der Waals surface area contributed by atoms with Crippen molar-refractivity contribution in [3.63, 3.8) is 0 Å². The number of aromatic amines is 2. The molecule has 0 amide bonds. The molecule has 0 unspecified atom stereocenters. The zero-order valence-electron chi connectivity index (χ0n) is 19.4. The molecule has 2 N–H and O–H groups in total. The molecule has 6 aromatic rings. The van der Waals surface area contributed by atoms with Crippen LogP contribution in [0.2, 0.25) is 0 Å². The third kappa shape index (κ3) is 3.63. The Bertz CT molecular complexity index is 1680. The summed E-state index contributed by atoms with van der Waals surface area (Å²) in [4.78, 5) is 24.0. The van der Waals surface area contributed by atoms with Gasteiger partial charge in [-0.25, -0.2) is 9.97 Å². The molecular formula is C26H22N8O. The second-order valence-corrected chi connectivity index (χ2v) is 8.39. The first-order chi connectivity index (χ1) is 17.1. The van der Waals surface area contributed by atoms with E-state index in [4.69, 9.17) is 14.7 Å². The molecule has 0 radical (unpaired) electrons. The van der Waals surface area contributed by atoms with Gasteiger partial charge in [0.1, 0.15) is 11.3 Å². The van der Waals surface area contributed by atoms with Crippen LogP contribution in [0.1, 0.15) is 0 Å². The molecule has 9 nitrogen and oxygen atoms in total. The number of pyridine rings is 3. The summed E-state index contributed by atoms with van der Waals surface area (Å²) < 4.78 is 5.39. The van der Waals surface area contributed by atoms with Crippen LogP contribution in [-0.4, -0.2) is 56.3 Å². The highest BCUT2D eigenvalue weighted by atomic mass is 16.5. The smallest absolute Gasteiger partial charge is 0.161 e. The Morgan fingerprint density at radius 2 is 1.71 bits per heavy atom. The summed E-state index contributed by atoms with van der Waals surface area (Å²) in [6.45, 7) is 0. The van der Waals surface area contributed by atoms with Gasteiger partial charge in [-0.2, -0.15) is 5.10 Å². The van der Waals surface area contributed by atoms with Crippen molar-refractivity contribution in [2.24, 2.45) is 0 Å². The topological polar surface area (TPSA) is 108 Å². The van der Waals surface area contributed by atoms with Crippen molar-refractivity contribution >= 4 is 27.8 Å². The molecule has 0 atom stereocenters. The van der Waals surface area contributed by atoms with Crippen LogP contribution in [0.15, 0.2) is 67.3 Å². The molecule has 0 saturated carbocycles. The number of nitrogens with one attached hydrogen (secondary N) is 2. The van der Waals surface area contributed by atoms with Crippen LogP contribution in [0.4, 0.5) is 5.69 Å². The van der Waals surface area contributed by atoms with Gasteiger partial charge in [-0.3, -0.25) is 15.1 Å². The zero-order chi connectivity index (χ0) is 23.9. The fourth-order valence-corrected chi connectivity index (χ4v) is 4.08. The lowest BCUT2D eigenvalue weighted by Crippen LogP contribution is -2.08. The van der Waals surface area contributed by atoms with Gasteiger partial charge in [0.05, 0.1) is 47.4 Å². The number of nitrogens with zero attached hydrogens (tertiary/aromatic N) is 6. The lowest BCUT2D eigenvalue weighted by molar-refractivity contribution is 0.415. The maximum absolute atomic E-state index is 5.39. The first kappa shape index (κ1) is 20.8. The number of H-pyrrole nitrogens is 2. The third-order valence-electron chi connectivity index (χ3n) is 5.94. The third-order valence-corrected chi connectivity index (χ3v) is 5.94. The van der Waals surface area contributed by atoms with Gasteiger partial charge in [0, 0.05) is 37.6 Å². The quantitative estimate of drug-likeness (QED) is 0.382. The van der Waals surface area contributed by atoms with Crippen LogP contribution in [0.3, 0.4) is 0 Å². The van der Waals surface area contributed by atoms with E-state index < -0.39 is 0 Å². The average Bonchev–Trinajstić information content (AvgIpc) is 3.52. The minimum Gasteiger partial charge on any atom is -0.497 e. The fourth-order valence-electron chi connectivity index (χ4n) is 4.08. The van der Waals surface area contributed by atoms with Gasteiger partial charge < -0.3 is 14.6 Å². The highest BCUT2D eigenvalue weighted by Gasteiger charge is 2.17. The Labute approximate surface area is 200 Å². The van der Waals surface area contributed by atoms with E-state index in [2.05, 4.69) is 31.2 Å². The summed E-state index contributed by atoms with van der Waals surface area (Å²) in [6.07, 6.45) is 7.22. The predicted molar refractivity (Wildman–Crippen MR) is 136 cm³/mol. The number of aromatic nitrogens is 7. The highest BCUT2D eigenvalue weighted by molar-refractivity contribution is 5.96. The van der Waals surface area contributed by atoms with Gasteiger partial charge >= 0.3 is 0 Å². The van der Waals surface area contributed by atoms with Crippen molar-refractivity contribution in [2.45, 2.75) is 0 Å². The average molecular weight is 463 g/mol. The molecule has 0 aliphatic carbocycles. The van der Waals surface area contributed by atoms with Gasteiger partial charge in [-0.05, 0) is 35.9 Å². The number of ether oxygens (including phenoxy) is 1. The predicted octanol–water partition coefficient (Wildman–Crippen LogP) is 4.70. The fraction of sp³-hybridized carbons (Fsp3) is 0.115. The normalized spacial score (nSPS) is 11.3. The number of methoxy groups -OCH3 is 1. The van der Waals surface area contributed by atoms with Crippen LogP contribution < -0.4 is 9.64 Å². The van der Waals surface area contributed by atoms with Crippen LogP contribution in [0, 0.1) is 0 Å². The van der Waals surface area contributed by atoms with Crippen molar-refractivity contribution in [1.29, 1.82) is 0 Å². The molecule has 5 heterocycles. The largest absolute Gasteiger partial charge is 0.497 e. The Morgan fingerprint density at radius 1 is 0.829 bits per heavy atom. The number of anilines is 1. The summed E-state index contributed by atoms with van der Waals surface area (Å²) in [7, 11) is 5.63. The van der Waals surface area contributed by atoms with E-state index in [1.54, 1.807) is 13.3 Å². The van der Waals surface area contributed by atoms with Crippen molar-refractivity contribution in [3.8, 4) is 39.7 Å². The number of hydrogen-bond donors (Lipinski definition) is 2. The Hall–Kier alpha value is -4.79. The van der Waals surface area contributed by atoms with Gasteiger partial charge in [0.15, 0.2) is 11.5 Å². The van der Waals surface area contributed by atoms with E-state index in [1.165, 1.54) is 0 Å². The Kier molecular flexibility index (Phi) is 4.88. The molecule has 9 heteroatoms. The van der Waals surface area contributed by atoms with Gasteiger partial charge in [0.25, 0.3) is 0 Å². The standard InChI is InChI=1S/C26H22N8O/c1-34(2)17-9-16(11-27-12-17)20-7-8-21-24(29-20)25(33-32-21)26-30-22-14-28-13-19(23(22)31-26)15-5-4-6-18(10-15)35-3/h4-14H,1-3H3,(H,30,31)(H,32,33). The number of benzene rings is 1. The van der Waals surface area contributed by atoms with Crippen LogP contribution >= 0.6 is 0 Å². The minimum atomic E-state index is 0.619. The number of imidazole rings is 1. The molecule has 0 fully saturated rings. The van der Waals surface area contributed by atoms with Crippen molar-refractivity contribution in [3.05, 3.63) is 67.3 Å². The maximum Gasteiger partial charge on any atom is 0.161 e. The monoisotopic (exact) mass is 462 g/mol. The van der Waals surface area contributed by atoms with E-state index in [9.17, 15) is 0 Å². The zero-order valence-corrected chi connectivity index (χ0v) is 19.4. The second kappa shape index (κ2) is 8.21. The molecule has 5 aromatic heterocycles. The van der Waals surface area contributed by atoms with E-state index in [1.807, 2.05) is 74.0 Å². The van der Waals surface area contributed by atoms with Gasteiger partial charge in [-0.15, -0.1) is 0 Å².